The number of hydrogen-bond donors (Lipinski definition) is 1. The van der Waals surface area contributed by atoms with E-state index in [1.165, 1.54) is 11.3 Å². The van der Waals surface area contributed by atoms with Gasteiger partial charge in [-0.05, 0) is 32.1 Å². The minimum Gasteiger partial charge on any atom is -0.465 e. The summed E-state index contributed by atoms with van der Waals surface area (Å²) < 4.78 is 12.1. The number of allylic oxidation sites excluding steroid dienone is 1. The minimum atomic E-state index is -1.24. The zero-order chi connectivity index (χ0) is 23.0. The molecule has 0 aromatic rings. The summed E-state index contributed by atoms with van der Waals surface area (Å²) in [5.74, 6) is -2.55. The molecule has 4 aliphatic heterocycles. The van der Waals surface area contributed by atoms with E-state index < -0.39 is 35.6 Å². The number of β-amino-alcohol motifs (C(OH)–C–C–N with tert-alkyl or cyclic N) is 1. The molecule has 5 atom stereocenters. The molecule has 180 valence electrons. The number of rotatable bonds is 3. The maximum atomic E-state index is 14.0. The van der Waals surface area contributed by atoms with Crippen LogP contribution in [0.2, 0.25) is 0 Å². The third-order valence-electron chi connectivity index (χ3n) is 7.99. The molecule has 0 aromatic carbocycles. The summed E-state index contributed by atoms with van der Waals surface area (Å²) in [5, 5.41) is 9.72. The Labute approximate surface area is 194 Å². The largest absolute Gasteiger partial charge is 0.465 e. The van der Waals surface area contributed by atoms with Gasteiger partial charge in [0.1, 0.15) is 17.6 Å². The number of ether oxygens (including phenoxy) is 2. The van der Waals surface area contributed by atoms with E-state index in [9.17, 15) is 19.5 Å². The van der Waals surface area contributed by atoms with Crippen molar-refractivity contribution in [2.45, 2.75) is 75.2 Å². The zero-order valence-corrected chi connectivity index (χ0v) is 19.1. The van der Waals surface area contributed by atoms with Crippen molar-refractivity contribution in [1.29, 1.82) is 0 Å². The van der Waals surface area contributed by atoms with Crippen molar-refractivity contribution in [3.63, 3.8) is 0 Å². The Balaban J connectivity index is 1.56. The van der Waals surface area contributed by atoms with E-state index in [0.29, 0.717) is 13.2 Å². The molecule has 1 N–H and O–H groups in total. The number of esters is 1. The lowest BCUT2D eigenvalue weighted by Crippen LogP contribution is -2.57. The van der Waals surface area contributed by atoms with E-state index in [-0.39, 0.29) is 31.0 Å². The van der Waals surface area contributed by atoms with Gasteiger partial charge in [0, 0.05) is 19.1 Å². The second kappa shape index (κ2) is 9.22. The number of aliphatic hydroxyl groups excluding tert-OH is 1. The Kier molecular flexibility index (Phi) is 6.31. The molecule has 0 bridgehead atoms. The van der Waals surface area contributed by atoms with Crippen molar-refractivity contribution in [3.05, 3.63) is 24.3 Å². The van der Waals surface area contributed by atoms with Gasteiger partial charge in [0.15, 0.2) is 0 Å². The van der Waals surface area contributed by atoms with Crippen LogP contribution in [-0.4, -0.2) is 82.8 Å². The molecule has 8 heteroatoms. The maximum Gasteiger partial charge on any atom is 0.312 e. The number of aliphatic hydroxyl groups is 1. The quantitative estimate of drug-likeness (QED) is 0.510. The molecule has 8 nitrogen and oxygen atoms in total. The first kappa shape index (κ1) is 22.6. The van der Waals surface area contributed by atoms with Gasteiger partial charge in [0.05, 0.1) is 25.2 Å². The highest BCUT2D eigenvalue weighted by Crippen LogP contribution is 2.53. The van der Waals surface area contributed by atoms with Gasteiger partial charge in [-0.15, -0.1) is 0 Å². The summed E-state index contributed by atoms with van der Waals surface area (Å²) in [6.07, 6.45) is 14.8. The van der Waals surface area contributed by atoms with E-state index in [1.807, 2.05) is 29.2 Å². The SMILES string of the molecule is O=C1OCCCC/C=C\[C@H]2O[C@]34C=CCN(C5CCCCC5)C(=O)C3N(CCO)C(=O)[C@@H]4[C@@H]12. The predicted molar refractivity (Wildman–Crippen MR) is 119 cm³/mol. The number of nitrogens with zero attached hydrogens (tertiary/aromatic N) is 2. The monoisotopic (exact) mass is 458 g/mol. The van der Waals surface area contributed by atoms with Crippen LogP contribution in [0.25, 0.3) is 0 Å². The number of cyclic esters (lactones) is 1. The first-order valence-corrected chi connectivity index (χ1v) is 12.5. The molecule has 3 fully saturated rings. The minimum absolute atomic E-state index is 0.0332. The number of amides is 2. The van der Waals surface area contributed by atoms with Crippen LogP contribution in [-0.2, 0) is 23.9 Å². The Hall–Kier alpha value is -2.19. The maximum absolute atomic E-state index is 14.0. The Morgan fingerprint density at radius 2 is 1.85 bits per heavy atom. The molecule has 2 saturated heterocycles. The number of carbonyl (C=O) groups is 3. The summed E-state index contributed by atoms with van der Waals surface area (Å²) in [7, 11) is 0. The highest BCUT2D eigenvalue weighted by molar-refractivity contribution is 5.99. The lowest BCUT2D eigenvalue weighted by Gasteiger charge is -2.39. The van der Waals surface area contributed by atoms with Crippen LogP contribution in [0.4, 0.5) is 0 Å². The fourth-order valence-electron chi connectivity index (χ4n) is 6.50. The van der Waals surface area contributed by atoms with Gasteiger partial charge in [-0.2, -0.15) is 0 Å². The van der Waals surface area contributed by atoms with Crippen molar-refractivity contribution < 1.29 is 29.0 Å². The van der Waals surface area contributed by atoms with Gasteiger partial charge in [0.25, 0.3) is 0 Å². The molecule has 5 rings (SSSR count). The van der Waals surface area contributed by atoms with Crippen LogP contribution in [0.1, 0.15) is 51.4 Å². The molecular formula is C25H34N2O6. The molecule has 0 radical (unpaired) electrons. The van der Waals surface area contributed by atoms with Crippen molar-refractivity contribution in [1.82, 2.24) is 9.80 Å². The van der Waals surface area contributed by atoms with Crippen LogP contribution in [0.5, 0.6) is 0 Å². The Bertz CT molecular complexity index is 850. The molecule has 2 amide bonds. The molecule has 33 heavy (non-hydrogen) atoms. The smallest absolute Gasteiger partial charge is 0.312 e. The van der Waals surface area contributed by atoms with Crippen LogP contribution in [0.15, 0.2) is 24.3 Å². The molecule has 1 aliphatic carbocycles. The van der Waals surface area contributed by atoms with Crippen molar-refractivity contribution in [2.24, 2.45) is 11.8 Å². The lowest BCUT2D eigenvalue weighted by molar-refractivity contribution is -0.155. The predicted octanol–water partition coefficient (Wildman–Crippen LogP) is 1.57. The number of carbonyl (C=O) groups excluding carboxylic acids is 3. The van der Waals surface area contributed by atoms with Gasteiger partial charge < -0.3 is 24.4 Å². The van der Waals surface area contributed by atoms with Gasteiger partial charge >= 0.3 is 5.97 Å². The molecule has 4 heterocycles. The summed E-state index contributed by atoms with van der Waals surface area (Å²) in [6.45, 7) is 0.557. The Morgan fingerprint density at radius 3 is 2.64 bits per heavy atom. The molecule has 0 aromatic heterocycles. The van der Waals surface area contributed by atoms with Crippen molar-refractivity contribution >= 4 is 17.8 Å². The molecule has 1 saturated carbocycles. The van der Waals surface area contributed by atoms with Crippen LogP contribution < -0.4 is 0 Å². The van der Waals surface area contributed by atoms with Gasteiger partial charge in [-0.1, -0.05) is 43.6 Å². The molecular weight excluding hydrogens is 424 g/mol. The average Bonchev–Trinajstić information content (AvgIpc) is 3.20. The second-order valence-electron chi connectivity index (χ2n) is 9.87. The summed E-state index contributed by atoms with van der Waals surface area (Å²) in [5.41, 5.74) is -1.24. The summed E-state index contributed by atoms with van der Waals surface area (Å²) >= 11 is 0. The lowest BCUT2D eigenvalue weighted by atomic mass is 9.77. The van der Waals surface area contributed by atoms with E-state index in [1.54, 1.807) is 0 Å². The van der Waals surface area contributed by atoms with Crippen LogP contribution >= 0.6 is 0 Å². The van der Waals surface area contributed by atoms with E-state index in [2.05, 4.69) is 0 Å². The van der Waals surface area contributed by atoms with Gasteiger partial charge in [-0.25, -0.2) is 0 Å². The highest BCUT2D eigenvalue weighted by Gasteiger charge is 2.71. The first-order valence-electron chi connectivity index (χ1n) is 12.5. The third kappa shape index (κ3) is 3.71. The fraction of sp³-hybridized carbons (Fsp3) is 0.720. The summed E-state index contributed by atoms with van der Waals surface area (Å²) in [4.78, 5) is 44.2. The van der Waals surface area contributed by atoms with Gasteiger partial charge in [0.2, 0.25) is 11.8 Å². The highest BCUT2D eigenvalue weighted by atomic mass is 16.6. The number of hydrogen-bond acceptors (Lipinski definition) is 6. The van der Waals surface area contributed by atoms with E-state index >= 15 is 0 Å². The van der Waals surface area contributed by atoms with E-state index in [0.717, 1.165) is 44.9 Å². The molecule has 1 spiro atoms. The molecule has 5 aliphatic rings. The number of fused-ring (bicyclic) bond motifs is 2. The zero-order valence-electron chi connectivity index (χ0n) is 19.1. The van der Waals surface area contributed by atoms with Crippen LogP contribution in [0, 0.1) is 11.8 Å². The first-order chi connectivity index (χ1) is 16.1. The molecule has 1 unspecified atom stereocenters. The van der Waals surface area contributed by atoms with Crippen LogP contribution in [0.3, 0.4) is 0 Å². The topological polar surface area (TPSA) is 96.4 Å². The number of likely N-dealkylation sites (tertiary alicyclic amines) is 1. The second-order valence-corrected chi connectivity index (χ2v) is 9.87. The van der Waals surface area contributed by atoms with Crippen molar-refractivity contribution in [3.8, 4) is 0 Å². The normalized spacial score (nSPS) is 38.4. The Morgan fingerprint density at radius 1 is 1.03 bits per heavy atom. The average molecular weight is 459 g/mol. The fourth-order valence-corrected chi connectivity index (χ4v) is 6.50. The third-order valence-corrected chi connectivity index (χ3v) is 7.99. The van der Waals surface area contributed by atoms with Gasteiger partial charge in [-0.3, -0.25) is 14.4 Å². The van der Waals surface area contributed by atoms with E-state index in [4.69, 9.17) is 9.47 Å². The van der Waals surface area contributed by atoms with Crippen molar-refractivity contribution in [2.75, 3.05) is 26.3 Å². The summed E-state index contributed by atoms with van der Waals surface area (Å²) in [6, 6.07) is -0.746. The standard InChI is InChI=1S/C25H34N2O6/c28-15-14-27-21-23(30)26(17-9-4-3-5-10-17)13-8-12-25(21)20(22(27)29)19-18(33-25)11-6-1-2-7-16-32-24(19)31/h6,8,11-12,17-21,28H,1-5,7,9-10,13-16H2/b11-6-/t18-,19+,20+,21?,25+/m1/s1.